The highest BCUT2D eigenvalue weighted by Gasteiger charge is 2.61. The first-order chi connectivity index (χ1) is 12.3. The summed E-state index contributed by atoms with van der Waals surface area (Å²) in [4.78, 5) is 15.3. The summed E-state index contributed by atoms with van der Waals surface area (Å²) in [6.45, 7) is 10.3. The van der Waals surface area contributed by atoms with Crippen molar-refractivity contribution < 1.29 is 4.79 Å². The minimum Gasteiger partial charge on any atom is -0.342 e. The van der Waals surface area contributed by atoms with Crippen molar-refractivity contribution in [1.82, 2.24) is 19.7 Å². The van der Waals surface area contributed by atoms with Crippen LogP contribution in [0.4, 0.5) is 0 Å². The van der Waals surface area contributed by atoms with Crippen LogP contribution in [0.1, 0.15) is 71.2 Å². The smallest absolute Gasteiger partial charge is 0.226 e. The number of amides is 1. The van der Waals surface area contributed by atoms with E-state index in [1.54, 1.807) is 0 Å². The van der Waals surface area contributed by atoms with Crippen LogP contribution < -0.4 is 0 Å². The van der Waals surface area contributed by atoms with Gasteiger partial charge in [-0.1, -0.05) is 25.5 Å². The van der Waals surface area contributed by atoms with Gasteiger partial charge in [0.15, 0.2) is 4.77 Å². The van der Waals surface area contributed by atoms with Crippen LogP contribution in [0.15, 0.2) is 11.6 Å². The average molecular weight is 375 g/mol. The molecular formula is C20H30N4OS. The lowest BCUT2D eigenvalue weighted by molar-refractivity contribution is -0.134. The Balaban J connectivity index is 1.50. The van der Waals surface area contributed by atoms with E-state index in [2.05, 4.69) is 53.4 Å². The molecule has 1 N–H and O–H groups in total. The maximum Gasteiger partial charge on any atom is 0.226 e. The largest absolute Gasteiger partial charge is 0.342 e. The molecule has 5 nitrogen and oxygen atoms in total. The highest BCUT2D eigenvalue weighted by atomic mass is 32.1. The topological polar surface area (TPSA) is 53.9 Å². The van der Waals surface area contributed by atoms with Gasteiger partial charge < -0.3 is 9.47 Å². The summed E-state index contributed by atoms with van der Waals surface area (Å²) >= 11 is 5.43. The molecule has 6 heteroatoms. The van der Waals surface area contributed by atoms with Crippen LogP contribution in [0.3, 0.4) is 0 Å². The third kappa shape index (κ3) is 3.06. The van der Waals surface area contributed by atoms with Crippen LogP contribution in [0.5, 0.6) is 0 Å². The van der Waals surface area contributed by atoms with Crippen LogP contribution in [0.25, 0.3) is 0 Å². The number of carbonyl (C=O) groups excluding carboxylic acids is 1. The van der Waals surface area contributed by atoms with Gasteiger partial charge in [-0.05, 0) is 63.1 Å². The van der Waals surface area contributed by atoms with Crippen molar-refractivity contribution in [3.05, 3.63) is 22.2 Å². The van der Waals surface area contributed by atoms with E-state index >= 15 is 0 Å². The molecule has 1 aromatic rings. The quantitative estimate of drug-likeness (QED) is 0.634. The van der Waals surface area contributed by atoms with Gasteiger partial charge in [0, 0.05) is 25.0 Å². The number of allylic oxidation sites excluding steroid dienone is 2. The van der Waals surface area contributed by atoms with E-state index in [0.29, 0.717) is 23.8 Å². The zero-order valence-electron chi connectivity index (χ0n) is 16.3. The fourth-order valence-electron chi connectivity index (χ4n) is 4.69. The average Bonchev–Trinajstić information content (AvgIpc) is 3.46. The van der Waals surface area contributed by atoms with Gasteiger partial charge >= 0.3 is 0 Å². The van der Waals surface area contributed by atoms with E-state index < -0.39 is 0 Å². The minimum atomic E-state index is 0.0787. The molecule has 2 aliphatic carbocycles. The van der Waals surface area contributed by atoms with Crippen LogP contribution >= 0.6 is 12.2 Å². The summed E-state index contributed by atoms with van der Waals surface area (Å²) < 4.78 is 2.94. The Morgan fingerprint density at radius 3 is 2.69 bits per heavy atom. The van der Waals surface area contributed by atoms with Gasteiger partial charge in [0.1, 0.15) is 5.82 Å². The fourth-order valence-corrected chi connectivity index (χ4v) is 4.98. The summed E-state index contributed by atoms with van der Waals surface area (Å²) in [6, 6.07) is 0.520. The predicted octanol–water partition coefficient (Wildman–Crippen LogP) is 4.22. The number of piperidine rings is 1. The predicted molar refractivity (Wildman–Crippen MR) is 104 cm³/mol. The molecule has 0 radical (unpaired) electrons. The molecule has 2 heterocycles. The zero-order chi connectivity index (χ0) is 18.6. The molecule has 1 amide bonds. The number of H-pyrrole nitrogens is 1. The summed E-state index contributed by atoms with van der Waals surface area (Å²) in [6.07, 6.45) is 6.79. The molecular weight excluding hydrogens is 344 g/mol. The second kappa shape index (κ2) is 6.32. The molecule has 1 aromatic heterocycles. The number of carbonyl (C=O) groups is 1. The Kier molecular flexibility index (Phi) is 4.37. The van der Waals surface area contributed by atoms with Gasteiger partial charge in [-0.3, -0.25) is 9.89 Å². The molecule has 3 atom stereocenters. The summed E-state index contributed by atoms with van der Waals surface area (Å²) in [5, 5.41) is 7.52. The summed E-state index contributed by atoms with van der Waals surface area (Å²) in [7, 11) is 0. The third-order valence-electron chi connectivity index (χ3n) is 6.43. The molecule has 4 rings (SSSR count). The van der Waals surface area contributed by atoms with Gasteiger partial charge in [-0.2, -0.15) is 5.10 Å². The first-order valence-corrected chi connectivity index (χ1v) is 10.3. The van der Waals surface area contributed by atoms with Crippen molar-refractivity contribution >= 4 is 18.1 Å². The van der Waals surface area contributed by atoms with Gasteiger partial charge in [0.05, 0.1) is 5.92 Å². The summed E-state index contributed by atoms with van der Waals surface area (Å²) in [5.74, 6) is 2.19. The van der Waals surface area contributed by atoms with E-state index in [0.717, 1.165) is 36.5 Å². The highest BCUT2D eigenvalue weighted by molar-refractivity contribution is 7.71. The van der Waals surface area contributed by atoms with E-state index in [-0.39, 0.29) is 11.3 Å². The van der Waals surface area contributed by atoms with Crippen LogP contribution in [0.2, 0.25) is 0 Å². The number of aromatic nitrogens is 3. The Morgan fingerprint density at radius 1 is 1.31 bits per heavy atom. The third-order valence-corrected chi connectivity index (χ3v) is 6.72. The number of likely N-dealkylation sites (tertiary alicyclic amines) is 1. The number of nitrogens with one attached hydrogen (secondary N) is 1. The van der Waals surface area contributed by atoms with Crippen LogP contribution in [-0.4, -0.2) is 38.7 Å². The molecule has 2 saturated carbocycles. The van der Waals surface area contributed by atoms with Crippen molar-refractivity contribution in [3.63, 3.8) is 0 Å². The molecule has 3 fully saturated rings. The second-order valence-corrected chi connectivity index (χ2v) is 9.57. The second-order valence-electron chi connectivity index (χ2n) is 9.18. The van der Waals surface area contributed by atoms with Crippen molar-refractivity contribution in [2.45, 2.75) is 65.3 Å². The maximum atomic E-state index is 13.2. The molecule has 0 aromatic carbocycles. The number of rotatable bonds is 4. The molecule has 142 valence electrons. The van der Waals surface area contributed by atoms with Crippen molar-refractivity contribution in [1.29, 1.82) is 0 Å². The molecule has 1 aliphatic heterocycles. The normalized spacial score (nSPS) is 30.2. The highest BCUT2D eigenvalue weighted by Crippen LogP contribution is 2.60. The van der Waals surface area contributed by atoms with Crippen molar-refractivity contribution in [2.24, 2.45) is 17.3 Å². The molecule has 0 bridgehead atoms. The lowest BCUT2D eigenvalue weighted by Gasteiger charge is -2.33. The van der Waals surface area contributed by atoms with E-state index in [9.17, 15) is 4.79 Å². The fraction of sp³-hybridized carbons (Fsp3) is 0.750. The summed E-state index contributed by atoms with van der Waals surface area (Å²) in [5.41, 5.74) is 1.38. The number of hydrogen-bond acceptors (Lipinski definition) is 3. The van der Waals surface area contributed by atoms with Gasteiger partial charge in [-0.25, -0.2) is 0 Å². The first-order valence-electron chi connectivity index (χ1n) is 9.91. The van der Waals surface area contributed by atoms with Crippen LogP contribution in [0, 0.1) is 22.0 Å². The lowest BCUT2D eigenvalue weighted by Crippen LogP contribution is -2.41. The number of hydrogen-bond donors (Lipinski definition) is 1. The Hall–Kier alpha value is -1.43. The van der Waals surface area contributed by atoms with Gasteiger partial charge in [0.2, 0.25) is 5.91 Å². The SMILES string of the molecule is CC(C)=C[C@@H]1[C@@H](C(=O)N2CCC[C@@H](c3n[nH]c(=S)n3C3CC3)C2)C1(C)C. The maximum absolute atomic E-state index is 13.2. The number of aromatic amines is 1. The van der Waals surface area contributed by atoms with Crippen molar-refractivity contribution in [2.75, 3.05) is 13.1 Å². The zero-order valence-corrected chi connectivity index (χ0v) is 17.1. The Morgan fingerprint density at radius 2 is 2.04 bits per heavy atom. The van der Waals surface area contributed by atoms with Gasteiger partial charge in [0.25, 0.3) is 0 Å². The Bertz CT molecular complexity index is 797. The Labute approximate surface area is 160 Å². The van der Waals surface area contributed by atoms with E-state index in [1.165, 1.54) is 18.4 Å². The van der Waals surface area contributed by atoms with E-state index in [1.807, 2.05) is 0 Å². The standard InChI is InChI=1S/C20H30N4OS/c1-12(2)10-15-16(20(15,3)4)18(25)23-9-5-6-13(11-23)17-21-22-19(26)24(17)14-7-8-14/h10,13-16H,5-9,11H2,1-4H3,(H,22,26)/t13-,15-,16+/m1/s1. The molecule has 0 spiro atoms. The molecule has 0 unspecified atom stereocenters. The van der Waals surface area contributed by atoms with Crippen LogP contribution in [-0.2, 0) is 4.79 Å². The molecule has 26 heavy (non-hydrogen) atoms. The van der Waals surface area contributed by atoms with Gasteiger partial charge in [-0.15, -0.1) is 0 Å². The molecule has 1 saturated heterocycles. The van der Waals surface area contributed by atoms with Crippen molar-refractivity contribution in [3.8, 4) is 0 Å². The first kappa shape index (κ1) is 18.0. The minimum absolute atomic E-state index is 0.0787. The lowest BCUT2D eigenvalue weighted by atomic mass is 9.96. The van der Waals surface area contributed by atoms with E-state index in [4.69, 9.17) is 12.2 Å². The molecule has 3 aliphatic rings. The number of nitrogens with zero attached hydrogens (tertiary/aromatic N) is 3. The monoisotopic (exact) mass is 374 g/mol.